The number of nitrogens with one attached hydrogen (secondary N) is 1. The number of carbonyl (C=O) groups is 4. The number of rotatable bonds is 21. The third kappa shape index (κ3) is 13.9. The van der Waals surface area contributed by atoms with Crippen LogP contribution in [0.2, 0.25) is 0 Å². The largest absolute Gasteiger partial charge is 0.480 e. The van der Waals surface area contributed by atoms with Crippen LogP contribution in [0, 0.1) is 30.3 Å². The molecule has 0 bridgehead atoms. The third-order valence-electron chi connectivity index (χ3n) is 8.04. The van der Waals surface area contributed by atoms with E-state index in [4.69, 9.17) is 9.47 Å². The molecular weight excluding hydrogens is 756 g/mol. The molecule has 0 aromatic heterocycles. The lowest BCUT2D eigenvalue weighted by Gasteiger charge is -2.27. The molecule has 0 heterocycles. The summed E-state index contributed by atoms with van der Waals surface area (Å²) in [5.74, 6) is -4.05. The number of ether oxygens (including phenoxy) is 2. The highest BCUT2D eigenvalue weighted by Crippen LogP contribution is 2.31. The Hall–Kier alpha value is -7.64. The molecule has 4 aromatic carbocycles. The highest BCUT2D eigenvalue weighted by molar-refractivity contribution is 5.88. The fourth-order valence-electron chi connectivity index (χ4n) is 5.24. The quantitative estimate of drug-likeness (QED) is 0.0525. The maximum atomic E-state index is 13.1. The minimum absolute atomic E-state index is 0.187. The summed E-state index contributed by atoms with van der Waals surface area (Å²) in [5, 5.41) is 41.3. The molecule has 1 atom stereocenters. The van der Waals surface area contributed by atoms with Crippen LogP contribution in [0.4, 0.5) is 0 Å². The van der Waals surface area contributed by atoms with Gasteiger partial charge < -0.3 is 34.4 Å². The Morgan fingerprint density at radius 3 is 1.30 bits per heavy atom. The molecule has 0 spiro atoms. The van der Waals surface area contributed by atoms with E-state index in [2.05, 4.69) is 19.8 Å². The average molecular weight is 791 g/mol. The lowest BCUT2D eigenvalue weighted by atomic mass is 9.92. The Bertz CT molecular complexity index is 2110. The van der Waals surface area contributed by atoms with Gasteiger partial charge in [-0.05, 0) is 58.0 Å². The molecule has 0 aliphatic rings. The van der Waals surface area contributed by atoms with Gasteiger partial charge in [0.1, 0.15) is 25.4 Å². The van der Waals surface area contributed by atoms with Crippen LogP contribution in [0.25, 0.3) is 0 Å². The summed E-state index contributed by atoms with van der Waals surface area (Å²) in [6.07, 6.45) is -1.08. The first-order valence-corrected chi connectivity index (χ1v) is 16.7. The normalized spacial score (nSPS) is 11.6. The molecule has 57 heavy (non-hydrogen) atoms. The smallest absolute Gasteiger partial charge is 0.329 e. The number of nitrogens with zero attached hydrogens (tertiary/aromatic N) is 3. The highest BCUT2D eigenvalue weighted by atomic mass is 17.0. The SMILES string of the molecule is CC(Cc1ccc(OC(=O)Cc2ccc(CO[N+](=O)[O-])cc2)c(OC(=O)Cc2ccc(CO[N+](=O)[O-])cc2)c1)(NC(=O)Cc1ccc(CO[N+](=O)[O-])cc1)C(=O)O. The van der Waals surface area contributed by atoms with Crippen LogP contribution >= 0.6 is 0 Å². The summed E-state index contributed by atoms with van der Waals surface area (Å²) in [6.45, 7) is 0.400. The molecule has 0 radical (unpaired) electrons. The first-order valence-electron chi connectivity index (χ1n) is 16.7. The van der Waals surface area contributed by atoms with E-state index in [1.807, 2.05) is 0 Å². The van der Waals surface area contributed by atoms with Gasteiger partial charge in [-0.25, -0.2) is 4.79 Å². The topological polar surface area (TPSA) is 276 Å². The number of hydrogen-bond donors (Lipinski definition) is 2. The van der Waals surface area contributed by atoms with E-state index in [1.54, 1.807) is 24.3 Å². The number of aliphatic carboxylic acids is 1. The van der Waals surface area contributed by atoms with Gasteiger partial charge in [-0.1, -0.05) is 78.9 Å². The fraction of sp³-hybridized carbons (Fsp3) is 0.243. The van der Waals surface area contributed by atoms with Gasteiger partial charge in [0, 0.05) is 6.42 Å². The van der Waals surface area contributed by atoms with Crippen LogP contribution in [-0.2, 0) is 79.2 Å². The van der Waals surface area contributed by atoms with Gasteiger partial charge in [-0.15, -0.1) is 30.3 Å². The number of esters is 2. The van der Waals surface area contributed by atoms with Gasteiger partial charge in [0.05, 0.1) is 19.3 Å². The Morgan fingerprint density at radius 2 is 0.912 bits per heavy atom. The van der Waals surface area contributed by atoms with Gasteiger partial charge in [-0.2, -0.15) is 0 Å². The predicted molar refractivity (Wildman–Crippen MR) is 191 cm³/mol. The Labute approximate surface area is 322 Å². The van der Waals surface area contributed by atoms with Crippen molar-refractivity contribution in [3.63, 3.8) is 0 Å². The highest BCUT2D eigenvalue weighted by Gasteiger charge is 2.35. The van der Waals surface area contributed by atoms with Gasteiger partial charge in [0.15, 0.2) is 11.5 Å². The number of carboxylic acids is 1. The minimum Gasteiger partial charge on any atom is -0.480 e. The zero-order valence-electron chi connectivity index (χ0n) is 30.0. The second-order valence-electron chi connectivity index (χ2n) is 12.6. The van der Waals surface area contributed by atoms with Gasteiger partial charge in [0.2, 0.25) is 5.91 Å². The molecule has 298 valence electrons. The monoisotopic (exact) mass is 790 g/mol. The van der Waals surface area contributed by atoms with E-state index in [9.17, 15) is 54.6 Å². The Kier molecular flexibility index (Phi) is 14.5. The molecule has 20 heteroatoms. The Balaban J connectivity index is 1.51. The maximum absolute atomic E-state index is 13.1. The predicted octanol–water partition coefficient (Wildman–Crippen LogP) is 3.85. The van der Waals surface area contributed by atoms with Crippen molar-refractivity contribution in [3.05, 3.63) is 160 Å². The van der Waals surface area contributed by atoms with Crippen LogP contribution in [-0.4, -0.2) is 49.7 Å². The van der Waals surface area contributed by atoms with Crippen LogP contribution in [0.3, 0.4) is 0 Å². The molecule has 2 N–H and O–H groups in total. The van der Waals surface area contributed by atoms with Crippen molar-refractivity contribution in [1.29, 1.82) is 0 Å². The average Bonchev–Trinajstić information content (AvgIpc) is 3.14. The summed E-state index contributed by atoms with van der Waals surface area (Å²) in [5.41, 5.74) is 1.25. The molecule has 20 nitrogen and oxygen atoms in total. The van der Waals surface area contributed by atoms with Crippen LogP contribution < -0.4 is 14.8 Å². The molecular formula is C37H34N4O16. The molecule has 0 saturated heterocycles. The molecule has 0 fully saturated rings. The van der Waals surface area contributed by atoms with Crippen molar-refractivity contribution in [2.75, 3.05) is 0 Å². The zero-order chi connectivity index (χ0) is 41.5. The molecule has 4 aromatic rings. The molecule has 0 aliphatic carbocycles. The van der Waals surface area contributed by atoms with Gasteiger partial charge in [0.25, 0.3) is 15.3 Å². The van der Waals surface area contributed by atoms with Crippen molar-refractivity contribution < 1.29 is 63.5 Å². The van der Waals surface area contributed by atoms with E-state index < -0.39 is 44.6 Å². The Morgan fingerprint density at radius 1 is 0.561 bits per heavy atom. The number of carbonyl (C=O) groups excluding carboxylic acids is 3. The fourth-order valence-corrected chi connectivity index (χ4v) is 5.24. The van der Waals surface area contributed by atoms with E-state index in [-0.39, 0.29) is 62.6 Å². The number of benzene rings is 4. The van der Waals surface area contributed by atoms with Crippen molar-refractivity contribution in [2.24, 2.45) is 0 Å². The molecule has 1 amide bonds. The third-order valence-corrected chi connectivity index (χ3v) is 8.04. The van der Waals surface area contributed by atoms with E-state index in [1.165, 1.54) is 73.7 Å². The number of amides is 1. The summed E-state index contributed by atoms with van der Waals surface area (Å²) in [6, 6.07) is 22.4. The number of hydrogen-bond acceptors (Lipinski definition) is 15. The van der Waals surface area contributed by atoms with Crippen molar-refractivity contribution in [2.45, 2.75) is 58.0 Å². The van der Waals surface area contributed by atoms with Gasteiger partial charge in [-0.3, -0.25) is 14.4 Å². The molecule has 0 saturated carbocycles. The second-order valence-corrected chi connectivity index (χ2v) is 12.6. The first-order chi connectivity index (χ1) is 27.1. The lowest BCUT2D eigenvalue weighted by Crippen LogP contribution is -2.54. The summed E-state index contributed by atoms with van der Waals surface area (Å²) in [7, 11) is 0. The molecule has 4 rings (SSSR count). The van der Waals surface area contributed by atoms with E-state index >= 15 is 0 Å². The van der Waals surface area contributed by atoms with Crippen molar-refractivity contribution >= 4 is 23.8 Å². The summed E-state index contributed by atoms with van der Waals surface area (Å²) < 4.78 is 11.2. The number of carboxylic acid groups (broad SMARTS) is 1. The first kappa shape index (κ1) is 42.1. The van der Waals surface area contributed by atoms with E-state index in [0.717, 1.165) is 0 Å². The van der Waals surface area contributed by atoms with Crippen molar-refractivity contribution in [1.82, 2.24) is 5.32 Å². The van der Waals surface area contributed by atoms with E-state index in [0.29, 0.717) is 33.4 Å². The maximum Gasteiger partial charge on any atom is 0.329 e. The van der Waals surface area contributed by atoms with Crippen LogP contribution in [0.1, 0.15) is 45.9 Å². The second kappa shape index (κ2) is 19.6. The van der Waals surface area contributed by atoms with Gasteiger partial charge >= 0.3 is 17.9 Å². The minimum atomic E-state index is -1.88. The van der Waals surface area contributed by atoms with Crippen LogP contribution in [0.15, 0.2) is 91.0 Å². The van der Waals surface area contributed by atoms with Crippen LogP contribution in [0.5, 0.6) is 11.5 Å². The molecule has 0 aliphatic heterocycles. The summed E-state index contributed by atoms with van der Waals surface area (Å²) >= 11 is 0. The standard InChI is InChI=1S/C37H34N4O16/c1-37(36(45)46,38-33(42)17-24-2-8-27(9-3-24)21-53-39(47)48)20-30-14-15-31(56-34(43)18-25-4-10-28(11-5-25)22-54-40(49)50)32(16-30)57-35(44)19-26-6-12-29(13-7-26)23-55-41(51)52/h2-16H,17-23H2,1H3,(H,38,42)(H,45,46). The van der Waals surface area contributed by atoms with Crippen molar-refractivity contribution in [3.8, 4) is 11.5 Å². The summed E-state index contributed by atoms with van der Waals surface area (Å²) in [4.78, 5) is 96.1. The zero-order valence-corrected chi connectivity index (χ0v) is 30.0. The lowest BCUT2D eigenvalue weighted by molar-refractivity contribution is -0.763. The molecule has 1 unspecified atom stereocenters.